The third-order valence-electron chi connectivity index (χ3n) is 4.03. The lowest BCUT2D eigenvalue weighted by Gasteiger charge is -2.21. The Bertz CT molecular complexity index is 375. The van der Waals surface area contributed by atoms with E-state index in [9.17, 15) is 0 Å². The predicted octanol–water partition coefficient (Wildman–Crippen LogP) is 2.99. The van der Waals surface area contributed by atoms with Gasteiger partial charge in [-0.15, -0.1) is 0 Å². The number of nitrogens with zero attached hydrogens (tertiary/aromatic N) is 1. The van der Waals surface area contributed by atoms with Crippen molar-refractivity contribution < 1.29 is 0 Å². The van der Waals surface area contributed by atoms with E-state index in [1.54, 1.807) is 0 Å². The first-order valence-electron chi connectivity index (χ1n) is 7.15. The van der Waals surface area contributed by atoms with Crippen molar-refractivity contribution in [3.63, 3.8) is 0 Å². The molecule has 2 heteroatoms. The van der Waals surface area contributed by atoms with Crippen molar-refractivity contribution in [3.05, 3.63) is 35.4 Å². The van der Waals surface area contributed by atoms with Crippen LogP contribution < -0.4 is 5.32 Å². The van der Waals surface area contributed by atoms with E-state index >= 15 is 0 Å². The Morgan fingerprint density at radius 3 is 2.89 bits per heavy atom. The van der Waals surface area contributed by atoms with Crippen LogP contribution in [-0.2, 0) is 0 Å². The summed E-state index contributed by atoms with van der Waals surface area (Å²) in [5.41, 5.74) is 2.77. The summed E-state index contributed by atoms with van der Waals surface area (Å²) in [4.78, 5) is 2.60. The maximum Gasteiger partial charge on any atom is 0.0329 e. The minimum Gasteiger partial charge on any atom is -0.313 e. The molecule has 1 aromatic carbocycles. The van der Waals surface area contributed by atoms with Crippen molar-refractivity contribution in [3.8, 4) is 0 Å². The van der Waals surface area contributed by atoms with Gasteiger partial charge >= 0.3 is 0 Å². The van der Waals surface area contributed by atoms with Crippen LogP contribution in [-0.4, -0.2) is 31.6 Å². The molecule has 2 atom stereocenters. The van der Waals surface area contributed by atoms with Crippen molar-refractivity contribution in [2.45, 2.75) is 32.7 Å². The molecule has 2 rings (SSSR count). The minimum atomic E-state index is 0.487. The summed E-state index contributed by atoms with van der Waals surface area (Å²) in [5.74, 6) is 0.886. The lowest BCUT2D eigenvalue weighted by atomic mass is 10.0. The standard InChI is InChI=1S/C16H26N2/c1-13-5-4-6-15(11-13)16(17-3)8-10-18-9-7-14(2)12-18/h4-6,11,14,16-17H,7-10,12H2,1-3H3. The fourth-order valence-electron chi connectivity index (χ4n) is 2.91. The highest BCUT2D eigenvalue weighted by molar-refractivity contribution is 5.25. The normalized spacial score (nSPS) is 22.3. The van der Waals surface area contributed by atoms with Gasteiger partial charge in [-0.1, -0.05) is 36.8 Å². The molecule has 1 aliphatic rings. The van der Waals surface area contributed by atoms with E-state index in [0.717, 1.165) is 5.92 Å². The second-order valence-corrected chi connectivity index (χ2v) is 5.74. The van der Waals surface area contributed by atoms with E-state index in [-0.39, 0.29) is 0 Å². The van der Waals surface area contributed by atoms with Crippen LogP contribution in [0.25, 0.3) is 0 Å². The van der Waals surface area contributed by atoms with Crippen molar-refractivity contribution in [2.24, 2.45) is 5.92 Å². The SMILES string of the molecule is CNC(CCN1CCC(C)C1)c1cccc(C)c1. The number of hydrogen-bond acceptors (Lipinski definition) is 2. The first-order chi connectivity index (χ1) is 8.69. The Morgan fingerprint density at radius 2 is 2.28 bits per heavy atom. The first-order valence-corrected chi connectivity index (χ1v) is 7.15. The Balaban J connectivity index is 1.89. The van der Waals surface area contributed by atoms with Crippen LogP contribution in [0.3, 0.4) is 0 Å². The Labute approximate surface area is 111 Å². The average molecular weight is 246 g/mol. The highest BCUT2D eigenvalue weighted by atomic mass is 15.1. The van der Waals surface area contributed by atoms with Gasteiger partial charge in [-0.25, -0.2) is 0 Å². The van der Waals surface area contributed by atoms with Crippen LogP contribution in [0, 0.1) is 12.8 Å². The van der Waals surface area contributed by atoms with E-state index in [0.29, 0.717) is 6.04 Å². The van der Waals surface area contributed by atoms with Gasteiger partial charge in [-0.3, -0.25) is 0 Å². The van der Waals surface area contributed by atoms with Gasteiger partial charge in [0.15, 0.2) is 0 Å². The highest BCUT2D eigenvalue weighted by Crippen LogP contribution is 2.21. The average Bonchev–Trinajstić information content (AvgIpc) is 2.76. The quantitative estimate of drug-likeness (QED) is 0.859. The molecular weight excluding hydrogens is 220 g/mol. The fraction of sp³-hybridized carbons (Fsp3) is 0.625. The van der Waals surface area contributed by atoms with Crippen LogP contribution in [0.5, 0.6) is 0 Å². The summed E-state index contributed by atoms with van der Waals surface area (Å²) in [5, 5.41) is 3.45. The molecule has 0 amide bonds. The van der Waals surface area contributed by atoms with Crippen molar-refractivity contribution in [1.29, 1.82) is 0 Å². The van der Waals surface area contributed by atoms with Gasteiger partial charge in [0.1, 0.15) is 0 Å². The third-order valence-corrected chi connectivity index (χ3v) is 4.03. The molecule has 1 saturated heterocycles. The summed E-state index contributed by atoms with van der Waals surface area (Å²) >= 11 is 0. The van der Waals surface area contributed by atoms with Gasteiger partial charge in [0.25, 0.3) is 0 Å². The number of nitrogens with one attached hydrogen (secondary N) is 1. The third kappa shape index (κ3) is 3.56. The lowest BCUT2D eigenvalue weighted by Crippen LogP contribution is -2.26. The number of hydrogen-bond donors (Lipinski definition) is 1. The van der Waals surface area contributed by atoms with Gasteiger partial charge in [0.2, 0.25) is 0 Å². The van der Waals surface area contributed by atoms with Gasteiger partial charge < -0.3 is 10.2 Å². The molecule has 0 bridgehead atoms. The topological polar surface area (TPSA) is 15.3 Å². The van der Waals surface area contributed by atoms with Crippen LogP contribution in [0.4, 0.5) is 0 Å². The van der Waals surface area contributed by atoms with Gasteiger partial charge in [-0.05, 0) is 51.4 Å². The molecule has 0 aliphatic carbocycles. The molecule has 1 N–H and O–H groups in total. The van der Waals surface area contributed by atoms with E-state index in [1.165, 1.54) is 43.6 Å². The van der Waals surface area contributed by atoms with Crippen molar-refractivity contribution in [2.75, 3.05) is 26.7 Å². The summed E-state index contributed by atoms with van der Waals surface area (Å²) in [7, 11) is 2.07. The number of likely N-dealkylation sites (tertiary alicyclic amines) is 1. The summed E-state index contributed by atoms with van der Waals surface area (Å²) in [6.07, 6.45) is 2.57. The van der Waals surface area contributed by atoms with E-state index < -0.39 is 0 Å². The highest BCUT2D eigenvalue weighted by Gasteiger charge is 2.19. The van der Waals surface area contributed by atoms with E-state index in [4.69, 9.17) is 0 Å². The zero-order valence-electron chi connectivity index (χ0n) is 11.9. The molecule has 1 fully saturated rings. The number of rotatable bonds is 5. The summed E-state index contributed by atoms with van der Waals surface area (Å²) < 4.78 is 0. The molecule has 2 unspecified atom stereocenters. The maximum absolute atomic E-state index is 3.45. The zero-order valence-corrected chi connectivity index (χ0v) is 11.9. The zero-order chi connectivity index (χ0) is 13.0. The van der Waals surface area contributed by atoms with Gasteiger partial charge in [0, 0.05) is 12.6 Å². The number of benzene rings is 1. The van der Waals surface area contributed by atoms with Crippen LogP contribution >= 0.6 is 0 Å². The molecule has 1 heterocycles. The van der Waals surface area contributed by atoms with Gasteiger partial charge in [-0.2, -0.15) is 0 Å². The summed E-state index contributed by atoms with van der Waals surface area (Å²) in [6.45, 7) is 8.30. The van der Waals surface area contributed by atoms with Gasteiger partial charge in [0.05, 0.1) is 0 Å². The fourth-order valence-corrected chi connectivity index (χ4v) is 2.91. The van der Waals surface area contributed by atoms with E-state index in [2.05, 4.69) is 55.4 Å². The second kappa shape index (κ2) is 6.35. The van der Waals surface area contributed by atoms with Crippen molar-refractivity contribution in [1.82, 2.24) is 10.2 Å². The Morgan fingerprint density at radius 1 is 1.44 bits per heavy atom. The molecule has 0 aromatic heterocycles. The lowest BCUT2D eigenvalue weighted by molar-refractivity contribution is 0.305. The second-order valence-electron chi connectivity index (χ2n) is 5.74. The number of aryl methyl sites for hydroxylation is 1. The van der Waals surface area contributed by atoms with E-state index in [1.807, 2.05) is 0 Å². The molecule has 0 saturated carbocycles. The summed E-state index contributed by atoms with van der Waals surface area (Å²) in [6, 6.07) is 9.35. The van der Waals surface area contributed by atoms with Crippen LogP contribution in [0.15, 0.2) is 24.3 Å². The molecule has 2 nitrogen and oxygen atoms in total. The first kappa shape index (κ1) is 13.6. The molecule has 1 aromatic rings. The predicted molar refractivity (Wildman–Crippen MR) is 77.8 cm³/mol. The van der Waals surface area contributed by atoms with Crippen molar-refractivity contribution >= 4 is 0 Å². The van der Waals surface area contributed by atoms with Crippen LogP contribution in [0.1, 0.15) is 36.9 Å². The maximum atomic E-state index is 3.45. The minimum absolute atomic E-state index is 0.487. The Hall–Kier alpha value is -0.860. The van der Waals surface area contributed by atoms with Crippen LogP contribution in [0.2, 0.25) is 0 Å². The molecule has 0 spiro atoms. The molecular formula is C16H26N2. The smallest absolute Gasteiger partial charge is 0.0329 e. The molecule has 0 radical (unpaired) electrons. The largest absolute Gasteiger partial charge is 0.313 e. The Kier molecular flexibility index (Phi) is 4.79. The molecule has 1 aliphatic heterocycles. The molecule has 18 heavy (non-hydrogen) atoms. The monoisotopic (exact) mass is 246 g/mol. The molecule has 100 valence electrons.